The minimum absolute atomic E-state index is 0.197. The first-order valence-corrected chi connectivity index (χ1v) is 7.10. The highest BCUT2D eigenvalue weighted by molar-refractivity contribution is 5.39. The van der Waals surface area contributed by atoms with E-state index in [0.717, 1.165) is 5.56 Å². The lowest BCUT2D eigenvalue weighted by Crippen LogP contribution is -2.21. The standard InChI is InChI=1S/C17H20N2O2/c1-13-7-9-15(10-8-13)14(2)18-12-11-16-5-3-4-6-17(16)19(20)21/h3-10,14,18H,11-12H2,1-2H3/t14-/m1/s1. The van der Waals surface area contributed by atoms with Gasteiger partial charge in [-0.15, -0.1) is 0 Å². The van der Waals surface area contributed by atoms with Gasteiger partial charge in [-0.3, -0.25) is 10.1 Å². The van der Waals surface area contributed by atoms with Crippen LogP contribution in [0, 0.1) is 17.0 Å². The molecule has 1 atom stereocenters. The Hall–Kier alpha value is -2.20. The predicted molar refractivity (Wildman–Crippen MR) is 84.4 cm³/mol. The molecule has 0 aliphatic rings. The second kappa shape index (κ2) is 6.99. The quantitative estimate of drug-likeness (QED) is 0.648. The molecule has 1 N–H and O–H groups in total. The molecule has 0 amide bonds. The number of hydrogen-bond acceptors (Lipinski definition) is 3. The Labute approximate surface area is 125 Å². The van der Waals surface area contributed by atoms with E-state index in [-0.39, 0.29) is 16.7 Å². The monoisotopic (exact) mass is 284 g/mol. The van der Waals surface area contributed by atoms with Gasteiger partial charge in [-0.05, 0) is 32.4 Å². The number of benzene rings is 2. The molecule has 0 aromatic heterocycles. The number of rotatable bonds is 6. The van der Waals surface area contributed by atoms with E-state index in [1.807, 2.05) is 12.1 Å². The SMILES string of the molecule is Cc1ccc([C@@H](C)NCCc2ccccc2[N+](=O)[O-])cc1. The van der Waals surface area contributed by atoms with Crippen LogP contribution in [-0.2, 0) is 6.42 Å². The van der Waals surface area contributed by atoms with E-state index in [0.29, 0.717) is 13.0 Å². The molecule has 0 heterocycles. The van der Waals surface area contributed by atoms with Crippen molar-refractivity contribution in [3.05, 3.63) is 75.3 Å². The van der Waals surface area contributed by atoms with Gasteiger partial charge in [-0.25, -0.2) is 0 Å². The van der Waals surface area contributed by atoms with Crippen molar-refractivity contribution in [2.24, 2.45) is 0 Å². The lowest BCUT2D eigenvalue weighted by Gasteiger charge is -2.14. The molecule has 0 spiro atoms. The predicted octanol–water partition coefficient (Wildman–Crippen LogP) is 3.80. The van der Waals surface area contributed by atoms with Gasteiger partial charge in [0.15, 0.2) is 0 Å². The van der Waals surface area contributed by atoms with Gasteiger partial charge in [0.05, 0.1) is 4.92 Å². The van der Waals surface area contributed by atoms with Gasteiger partial charge in [0.25, 0.3) is 5.69 Å². The molecule has 4 nitrogen and oxygen atoms in total. The molecular weight excluding hydrogens is 264 g/mol. The van der Waals surface area contributed by atoms with Crippen molar-refractivity contribution in [3.8, 4) is 0 Å². The number of nitro benzene ring substituents is 1. The van der Waals surface area contributed by atoms with Crippen molar-refractivity contribution in [2.45, 2.75) is 26.3 Å². The van der Waals surface area contributed by atoms with E-state index in [4.69, 9.17) is 0 Å². The van der Waals surface area contributed by atoms with Crippen molar-refractivity contribution < 1.29 is 4.92 Å². The van der Waals surface area contributed by atoms with E-state index in [2.05, 4.69) is 43.4 Å². The third kappa shape index (κ3) is 4.13. The topological polar surface area (TPSA) is 55.2 Å². The summed E-state index contributed by atoms with van der Waals surface area (Å²) in [5.74, 6) is 0. The highest BCUT2D eigenvalue weighted by atomic mass is 16.6. The summed E-state index contributed by atoms with van der Waals surface area (Å²) in [6.07, 6.45) is 0.646. The fourth-order valence-electron chi connectivity index (χ4n) is 2.30. The summed E-state index contributed by atoms with van der Waals surface area (Å²) in [5.41, 5.74) is 3.43. The minimum Gasteiger partial charge on any atom is -0.310 e. The summed E-state index contributed by atoms with van der Waals surface area (Å²) in [5, 5.41) is 14.4. The van der Waals surface area contributed by atoms with Crippen LogP contribution >= 0.6 is 0 Å². The van der Waals surface area contributed by atoms with Gasteiger partial charge in [0, 0.05) is 17.7 Å². The van der Waals surface area contributed by atoms with Gasteiger partial charge >= 0.3 is 0 Å². The fraction of sp³-hybridized carbons (Fsp3) is 0.294. The van der Waals surface area contributed by atoms with Crippen molar-refractivity contribution in [3.63, 3.8) is 0 Å². The molecule has 2 aromatic rings. The Kier molecular flexibility index (Phi) is 5.06. The Morgan fingerprint density at radius 3 is 2.48 bits per heavy atom. The minimum atomic E-state index is -0.321. The van der Waals surface area contributed by atoms with Gasteiger partial charge in [0.2, 0.25) is 0 Å². The number of aryl methyl sites for hydroxylation is 1. The normalized spacial score (nSPS) is 12.1. The zero-order valence-electron chi connectivity index (χ0n) is 12.4. The van der Waals surface area contributed by atoms with Crippen LogP contribution in [0.25, 0.3) is 0 Å². The maximum Gasteiger partial charge on any atom is 0.272 e. The van der Waals surface area contributed by atoms with Crippen molar-refractivity contribution in [1.82, 2.24) is 5.32 Å². The van der Waals surface area contributed by atoms with E-state index >= 15 is 0 Å². The van der Waals surface area contributed by atoms with Gasteiger partial charge in [-0.2, -0.15) is 0 Å². The van der Waals surface area contributed by atoms with Gasteiger partial charge < -0.3 is 5.32 Å². The lowest BCUT2D eigenvalue weighted by molar-refractivity contribution is -0.385. The average molecular weight is 284 g/mol. The molecule has 4 heteroatoms. The van der Waals surface area contributed by atoms with E-state index in [1.165, 1.54) is 11.1 Å². The molecule has 21 heavy (non-hydrogen) atoms. The maximum absolute atomic E-state index is 11.0. The summed E-state index contributed by atoms with van der Waals surface area (Å²) in [6, 6.07) is 15.5. The number of nitro groups is 1. The molecular formula is C17H20N2O2. The third-order valence-electron chi connectivity index (χ3n) is 3.61. The molecule has 0 aliphatic heterocycles. The molecule has 0 radical (unpaired) electrons. The largest absolute Gasteiger partial charge is 0.310 e. The van der Waals surface area contributed by atoms with Crippen LogP contribution in [0.2, 0.25) is 0 Å². The van der Waals surface area contributed by atoms with Crippen LogP contribution in [0.4, 0.5) is 5.69 Å². The highest BCUT2D eigenvalue weighted by Gasteiger charge is 2.12. The van der Waals surface area contributed by atoms with Crippen LogP contribution in [0.1, 0.15) is 29.7 Å². The van der Waals surface area contributed by atoms with Crippen LogP contribution in [0.3, 0.4) is 0 Å². The van der Waals surface area contributed by atoms with E-state index < -0.39 is 0 Å². The Morgan fingerprint density at radius 1 is 1.14 bits per heavy atom. The zero-order chi connectivity index (χ0) is 15.2. The lowest BCUT2D eigenvalue weighted by atomic mass is 10.1. The van der Waals surface area contributed by atoms with E-state index in [9.17, 15) is 10.1 Å². The van der Waals surface area contributed by atoms with Gasteiger partial charge in [0.1, 0.15) is 0 Å². The van der Waals surface area contributed by atoms with Crippen LogP contribution in [0.15, 0.2) is 48.5 Å². The van der Waals surface area contributed by atoms with Crippen LogP contribution in [-0.4, -0.2) is 11.5 Å². The average Bonchev–Trinajstić information content (AvgIpc) is 2.48. The molecule has 2 aromatic carbocycles. The molecule has 110 valence electrons. The number of nitrogens with zero attached hydrogens (tertiary/aromatic N) is 1. The summed E-state index contributed by atoms with van der Waals surface area (Å²) in [7, 11) is 0. The summed E-state index contributed by atoms with van der Waals surface area (Å²) >= 11 is 0. The van der Waals surface area contributed by atoms with Crippen molar-refractivity contribution in [1.29, 1.82) is 0 Å². The van der Waals surface area contributed by atoms with Crippen molar-refractivity contribution >= 4 is 5.69 Å². The molecule has 0 saturated carbocycles. The number of nitrogens with one attached hydrogen (secondary N) is 1. The van der Waals surface area contributed by atoms with Crippen LogP contribution in [0.5, 0.6) is 0 Å². The number of para-hydroxylation sites is 1. The second-order valence-electron chi connectivity index (χ2n) is 5.22. The summed E-state index contributed by atoms with van der Waals surface area (Å²) in [6.45, 7) is 4.88. The maximum atomic E-state index is 11.0. The Balaban J connectivity index is 1.92. The molecule has 0 saturated heterocycles. The van der Waals surface area contributed by atoms with Crippen molar-refractivity contribution in [2.75, 3.05) is 6.54 Å². The van der Waals surface area contributed by atoms with E-state index in [1.54, 1.807) is 12.1 Å². The summed E-state index contributed by atoms with van der Waals surface area (Å²) < 4.78 is 0. The zero-order valence-corrected chi connectivity index (χ0v) is 12.4. The molecule has 0 unspecified atom stereocenters. The molecule has 0 bridgehead atoms. The number of hydrogen-bond donors (Lipinski definition) is 1. The Bertz CT molecular complexity index is 608. The Morgan fingerprint density at radius 2 is 1.81 bits per heavy atom. The first-order valence-electron chi connectivity index (χ1n) is 7.10. The highest BCUT2D eigenvalue weighted by Crippen LogP contribution is 2.18. The van der Waals surface area contributed by atoms with Crippen LogP contribution < -0.4 is 5.32 Å². The first-order chi connectivity index (χ1) is 10.1. The molecule has 2 rings (SSSR count). The smallest absolute Gasteiger partial charge is 0.272 e. The summed E-state index contributed by atoms with van der Waals surface area (Å²) in [4.78, 5) is 10.6. The fourth-order valence-corrected chi connectivity index (χ4v) is 2.30. The van der Waals surface area contributed by atoms with Gasteiger partial charge in [-0.1, -0.05) is 48.0 Å². The third-order valence-corrected chi connectivity index (χ3v) is 3.61. The second-order valence-corrected chi connectivity index (χ2v) is 5.22. The first kappa shape index (κ1) is 15.2. The molecule has 0 fully saturated rings. The molecule has 0 aliphatic carbocycles.